The molecule has 0 atom stereocenters. The first-order chi connectivity index (χ1) is 13.6. The second-order valence-electron chi connectivity index (χ2n) is 8.25. The maximum absolute atomic E-state index is 4.84. The van der Waals surface area contributed by atoms with Gasteiger partial charge in [0, 0.05) is 22.8 Å². The maximum Gasteiger partial charge on any atom is 0.144 e. The van der Waals surface area contributed by atoms with E-state index in [2.05, 4.69) is 99.0 Å². The number of fused-ring (bicyclic) bond motifs is 1. The molecule has 1 heterocycles. The molecule has 0 aliphatic heterocycles. The van der Waals surface area contributed by atoms with Gasteiger partial charge in [-0.15, -0.1) is 0 Å². The van der Waals surface area contributed by atoms with Crippen LogP contribution in [0.1, 0.15) is 44.9 Å². The summed E-state index contributed by atoms with van der Waals surface area (Å²) in [6, 6.07) is 23.8. The Morgan fingerprint density at radius 2 is 1.46 bits per heavy atom. The van der Waals surface area contributed by atoms with Gasteiger partial charge in [-0.05, 0) is 35.3 Å². The van der Waals surface area contributed by atoms with Crippen LogP contribution in [0.15, 0.2) is 72.9 Å². The quantitative estimate of drug-likeness (QED) is 0.370. The lowest BCUT2D eigenvalue weighted by molar-refractivity contribution is 0.628. The number of rotatable bonds is 5. The van der Waals surface area contributed by atoms with Crippen LogP contribution in [0.4, 0.5) is 0 Å². The SMILES string of the molecule is CC(C)Cc1cnc(-c2ccccc2)n1-c1ccc(C(C)C)c2ccccc12. The van der Waals surface area contributed by atoms with Crippen LogP contribution < -0.4 is 0 Å². The summed E-state index contributed by atoms with van der Waals surface area (Å²) in [6.45, 7) is 9.05. The first-order valence-corrected chi connectivity index (χ1v) is 10.2. The largest absolute Gasteiger partial charge is 0.296 e. The first-order valence-electron chi connectivity index (χ1n) is 10.2. The highest BCUT2D eigenvalue weighted by Gasteiger charge is 2.18. The van der Waals surface area contributed by atoms with Crippen LogP contribution in [0, 0.1) is 5.92 Å². The molecule has 0 saturated carbocycles. The van der Waals surface area contributed by atoms with E-state index in [1.165, 1.54) is 27.7 Å². The third-order valence-corrected chi connectivity index (χ3v) is 5.28. The van der Waals surface area contributed by atoms with E-state index in [4.69, 9.17) is 4.98 Å². The van der Waals surface area contributed by atoms with Crippen molar-refractivity contribution in [3.63, 3.8) is 0 Å². The van der Waals surface area contributed by atoms with Crippen molar-refractivity contribution in [2.45, 2.75) is 40.0 Å². The zero-order chi connectivity index (χ0) is 19.7. The van der Waals surface area contributed by atoms with Gasteiger partial charge in [0.2, 0.25) is 0 Å². The Bertz CT molecular complexity index is 1090. The molecule has 0 spiro atoms. The van der Waals surface area contributed by atoms with Crippen molar-refractivity contribution in [1.29, 1.82) is 0 Å². The van der Waals surface area contributed by atoms with E-state index < -0.39 is 0 Å². The molecule has 28 heavy (non-hydrogen) atoms. The molecule has 3 aromatic carbocycles. The third-order valence-electron chi connectivity index (χ3n) is 5.28. The second kappa shape index (κ2) is 7.63. The number of nitrogens with zero attached hydrogens (tertiary/aromatic N) is 2. The van der Waals surface area contributed by atoms with Gasteiger partial charge in [-0.25, -0.2) is 4.98 Å². The van der Waals surface area contributed by atoms with Gasteiger partial charge in [0.05, 0.1) is 5.69 Å². The van der Waals surface area contributed by atoms with E-state index >= 15 is 0 Å². The van der Waals surface area contributed by atoms with Crippen molar-refractivity contribution in [2.75, 3.05) is 0 Å². The van der Waals surface area contributed by atoms with Gasteiger partial charge in [0.25, 0.3) is 0 Å². The van der Waals surface area contributed by atoms with Gasteiger partial charge in [-0.1, -0.05) is 88.4 Å². The molecule has 0 aliphatic rings. The molecule has 0 radical (unpaired) electrons. The molecule has 0 N–H and O–H groups in total. The number of hydrogen-bond acceptors (Lipinski definition) is 1. The lowest BCUT2D eigenvalue weighted by Gasteiger charge is -2.18. The minimum absolute atomic E-state index is 0.491. The maximum atomic E-state index is 4.84. The fraction of sp³-hybridized carbons (Fsp3) is 0.269. The topological polar surface area (TPSA) is 17.8 Å². The van der Waals surface area contributed by atoms with Gasteiger partial charge in [-0.3, -0.25) is 4.57 Å². The minimum atomic E-state index is 0.491. The van der Waals surface area contributed by atoms with E-state index in [9.17, 15) is 0 Å². The van der Waals surface area contributed by atoms with Crippen molar-refractivity contribution in [1.82, 2.24) is 9.55 Å². The summed E-state index contributed by atoms with van der Waals surface area (Å²) >= 11 is 0. The molecular weight excluding hydrogens is 340 g/mol. The van der Waals surface area contributed by atoms with Gasteiger partial charge < -0.3 is 0 Å². The zero-order valence-corrected chi connectivity index (χ0v) is 17.2. The Morgan fingerprint density at radius 3 is 2.14 bits per heavy atom. The lowest BCUT2D eigenvalue weighted by atomic mass is 9.95. The molecule has 2 heteroatoms. The molecule has 0 aliphatic carbocycles. The molecule has 0 amide bonds. The molecule has 4 rings (SSSR count). The molecule has 2 nitrogen and oxygen atoms in total. The summed E-state index contributed by atoms with van der Waals surface area (Å²) in [5.74, 6) is 2.07. The Morgan fingerprint density at radius 1 is 0.786 bits per heavy atom. The Labute approximate surface area is 167 Å². The van der Waals surface area contributed by atoms with Crippen LogP contribution in [0.25, 0.3) is 27.8 Å². The van der Waals surface area contributed by atoms with Crippen molar-refractivity contribution < 1.29 is 0 Å². The fourth-order valence-electron chi connectivity index (χ4n) is 4.01. The summed E-state index contributed by atoms with van der Waals surface area (Å²) in [5.41, 5.74) is 5.02. The predicted molar refractivity (Wildman–Crippen MR) is 119 cm³/mol. The Hall–Kier alpha value is -2.87. The van der Waals surface area contributed by atoms with Crippen molar-refractivity contribution in [3.8, 4) is 17.1 Å². The van der Waals surface area contributed by atoms with Gasteiger partial charge in [0.1, 0.15) is 5.82 Å². The molecule has 0 unspecified atom stereocenters. The number of benzene rings is 3. The zero-order valence-electron chi connectivity index (χ0n) is 17.2. The molecule has 1 aromatic heterocycles. The van der Waals surface area contributed by atoms with Crippen LogP contribution in [0.2, 0.25) is 0 Å². The van der Waals surface area contributed by atoms with E-state index in [1.54, 1.807) is 0 Å². The van der Waals surface area contributed by atoms with Gasteiger partial charge in [0.15, 0.2) is 0 Å². The number of hydrogen-bond donors (Lipinski definition) is 0. The lowest BCUT2D eigenvalue weighted by Crippen LogP contribution is -2.07. The second-order valence-corrected chi connectivity index (χ2v) is 8.25. The minimum Gasteiger partial charge on any atom is -0.296 e. The first kappa shape index (κ1) is 18.5. The standard InChI is InChI=1S/C26H28N2/c1-18(2)16-21-17-27-26(20-10-6-5-7-11-20)28(21)25-15-14-22(19(3)4)23-12-8-9-13-24(23)25/h5-15,17-19H,16H2,1-4H3. The van der Waals surface area contributed by atoms with Crippen LogP contribution in [-0.2, 0) is 6.42 Å². The summed E-state index contributed by atoms with van der Waals surface area (Å²) in [5, 5.41) is 2.62. The van der Waals surface area contributed by atoms with Gasteiger partial charge >= 0.3 is 0 Å². The Kier molecular flexibility index (Phi) is 5.04. The molecule has 0 bridgehead atoms. The van der Waals surface area contributed by atoms with E-state index in [1.807, 2.05) is 6.20 Å². The van der Waals surface area contributed by atoms with Crippen molar-refractivity contribution in [2.24, 2.45) is 5.92 Å². The van der Waals surface area contributed by atoms with Crippen LogP contribution in [-0.4, -0.2) is 9.55 Å². The van der Waals surface area contributed by atoms with Crippen LogP contribution in [0.3, 0.4) is 0 Å². The van der Waals surface area contributed by atoms with E-state index in [0.29, 0.717) is 11.8 Å². The molecular formula is C26H28N2. The highest BCUT2D eigenvalue weighted by Crippen LogP contribution is 2.33. The summed E-state index contributed by atoms with van der Waals surface area (Å²) in [7, 11) is 0. The average molecular weight is 369 g/mol. The fourth-order valence-corrected chi connectivity index (χ4v) is 4.01. The summed E-state index contributed by atoms with van der Waals surface area (Å²) in [6.07, 6.45) is 3.05. The predicted octanol–water partition coefficient (Wildman–Crippen LogP) is 7.01. The highest BCUT2D eigenvalue weighted by atomic mass is 15.1. The van der Waals surface area contributed by atoms with Crippen LogP contribution >= 0.6 is 0 Å². The molecule has 4 aromatic rings. The van der Waals surface area contributed by atoms with E-state index in [-0.39, 0.29) is 0 Å². The summed E-state index contributed by atoms with van der Waals surface area (Å²) < 4.78 is 2.36. The monoisotopic (exact) mass is 368 g/mol. The third kappa shape index (κ3) is 3.35. The highest BCUT2D eigenvalue weighted by molar-refractivity contribution is 5.93. The number of aromatic nitrogens is 2. The van der Waals surface area contributed by atoms with Gasteiger partial charge in [-0.2, -0.15) is 0 Å². The van der Waals surface area contributed by atoms with E-state index in [0.717, 1.165) is 17.8 Å². The molecule has 142 valence electrons. The smallest absolute Gasteiger partial charge is 0.144 e. The average Bonchev–Trinajstić information content (AvgIpc) is 3.10. The molecule has 0 fully saturated rings. The normalized spacial score (nSPS) is 11.6. The molecule has 0 saturated heterocycles. The van der Waals surface area contributed by atoms with Crippen molar-refractivity contribution >= 4 is 10.8 Å². The van der Waals surface area contributed by atoms with Crippen LogP contribution in [0.5, 0.6) is 0 Å². The van der Waals surface area contributed by atoms with Crippen molar-refractivity contribution in [3.05, 3.63) is 84.2 Å². The summed E-state index contributed by atoms with van der Waals surface area (Å²) in [4.78, 5) is 4.84. The number of imidazole rings is 1. The Balaban J connectivity index is 2.01.